The van der Waals surface area contributed by atoms with Gasteiger partial charge < -0.3 is 9.64 Å². The Balaban J connectivity index is 1.99. The Morgan fingerprint density at radius 1 is 1.57 bits per heavy atom. The van der Waals surface area contributed by atoms with Gasteiger partial charge in [-0.3, -0.25) is 0 Å². The second-order valence-electron chi connectivity index (χ2n) is 3.57. The number of hydrogen-bond acceptors (Lipinski definition) is 3. The van der Waals surface area contributed by atoms with E-state index in [2.05, 4.69) is 16.7 Å². The fourth-order valence-electron chi connectivity index (χ4n) is 1.52. The molecule has 84 valence electrons. The minimum absolute atomic E-state index is 0.360. The first-order chi connectivity index (χ1) is 6.68. The zero-order valence-electron chi connectivity index (χ0n) is 8.57. The third-order valence-corrected chi connectivity index (χ3v) is 2.85. The SMILES string of the molecule is CN1CCC(OCCNS(N)=O)CC1. The van der Waals surface area contributed by atoms with Crippen LogP contribution in [0.2, 0.25) is 0 Å². The van der Waals surface area contributed by atoms with Gasteiger partial charge in [-0.15, -0.1) is 0 Å². The number of nitrogens with zero attached hydrogens (tertiary/aromatic N) is 1. The minimum atomic E-state index is -1.42. The van der Waals surface area contributed by atoms with Crippen LogP contribution in [0.1, 0.15) is 12.8 Å². The maximum absolute atomic E-state index is 10.5. The lowest BCUT2D eigenvalue weighted by Crippen LogP contribution is -2.35. The van der Waals surface area contributed by atoms with Crippen LogP contribution in [0.15, 0.2) is 0 Å². The fraction of sp³-hybridized carbons (Fsp3) is 1.00. The maximum Gasteiger partial charge on any atom is 0.164 e. The van der Waals surface area contributed by atoms with Crippen LogP contribution in [0, 0.1) is 0 Å². The van der Waals surface area contributed by atoms with Crippen LogP contribution in [0.3, 0.4) is 0 Å². The van der Waals surface area contributed by atoms with E-state index in [-0.39, 0.29) is 0 Å². The van der Waals surface area contributed by atoms with E-state index in [0.29, 0.717) is 19.3 Å². The first kappa shape index (κ1) is 12.1. The molecule has 0 spiro atoms. The van der Waals surface area contributed by atoms with Crippen molar-refractivity contribution in [2.75, 3.05) is 33.3 Å². The molecule has 0 aromatic heterocycles. The molecule has 1 aliphatic heterocycles. The third-order valence-electron chi connectivity index (χ3n) is 2.37. The molecular weight excluding hydrogens is 202 g/mol. The predicted molar refractivity (Wildman–Crippen MR) is 56.8 cm³/mol. The van der Waals surface area contributed by atoms with Gasteiger partial charge in [0, 0.05) is 19.6 Å². The number of hydrogen-bond donors (Lipinski definition) is 2. The average molecular weight is 221 g/mol. The molecule has 1 atom stereocenters. The van der Waals surface area contributed by atoms with Crippen molar-refractivity contribution in [1.82, 2.24) is 9.62 Å². The van der Waals surface area contributed by atoms with E-state index in [9.17, 15) is 4.21 Å². The van der Waals surface area contributed by atoms with Crippen LogP contribution < -0.4 is 9.86 Å². The molecular formula is C8H19N3O2S. The van der Waals surface area contributed by atoms with Crippen LogP contribution in [0.5, 0.6) is 0 Å². The van der Waals surface area contributed by atoms with E-state index in [1.54, 1.807) is 0 Å². The minimum Gasteiger partial charge on any atom is -0.377 e. The fourth-order valence-corrected chi connectivity index (χ4v) is 1.80. The van der Waals surface area contributed by atoms with Crippen molar-refractivity contribution in [2.24, 2.45) is 5.14 Å². The van der Waals surface area contributed by atoms with Crippen LogP contribution in [0.4, 0.5) is 0 Å². The van der Waals surface area contributed by atoms with Gasteiger partial charge in [-0.25, -0.2) is 14.1 Å². The summed E-state index contributed by atoms with van der Waals surface area (Å²) in [4.78, 5) is 2.30. The molecule has 0 aliphatic carbocycles. The highest BCUT2D eigenvalue weighted by Crippen LogP contribution is 2.11. The van der Waals surface area contributed by atoms with Crippen LogP contribution in [0.25, 0.3) is 0 Å². The smallest absolute Gasteiger partial charge is 0.164 e. The maximum atomic E-state index is 10.5. The van der Waals surface area contributed by atoms with Gasteiger partial charge in [0.1, 0.15) is 0 Å². The summed E-state index contributed by atoms with van der Waals surface area (Å²) in [5.41, 5.74) is 0. The highest BCUT2D eigenvalue weighted by atomic mass is 32.2. The lowest BCUT2D eigenvalue weighted by molar-refractivity contribution is 0.0158. The summed E-state index contributed by atoms with van der Waals surface area (Å²) in [6.45, 7) is 3.33. The van der Waals surface area contributed by atoms with Crippen molar-refractivity contribution in [3.8, 4) is 0 Å². The number of ether oxygens (including phenoxy) is 1. The van der Waals surface area contributed by atoms with Crippen LogP contribution in [-0.4, -0.2) is 48.5 Å². The summed E-state index contributed by atoms with van der Waals surface area (Å²) < 4.78 is 18.7. The van der Waals surface area contributed by atoms with Crippen molar-refractivity contribution in [3.05, 3.63) is 0 Å². The highest BCUT2D eigenvalue weighted by molar-refractivity contribution is 7.80. The molecule has 3 N–H and O–H groups in total. The summed E-state index contributed by atoms with van der Waals surface area (Å²) in [7, 11) is 2.12. The lowest BCUT2D eigenvalue weighted by Gasteiger charge is -2.28. The number of nitrogens with two attached hydrogens (primary N) is 1. The van der Waals surface area contributed by atoms with Crippen molar-refractivity contribution in [1.29, 1.82) is 0 Å². The van der Waals surface area contributed by atoms with Gasteiger partial charge >= 0.3 is 0 Å². The van der Waals surface area contributed by atoms with Gasteiger partial charge in [-0.1, -0.05) is 0 Å². The van der Waals surface area contributed by atoms with E-state index < -0.39 is 11.2 Å². The molecule has 0 amide bonds. The van der Waals surface area contributed by atoms with Gasteiger partial charge in [0.05, 0.1) is 12.7 Å². The molecule has 1 fully saturated rings. The van der Waals surface area contributed by atoms with E-state index in [1.165, 1.54) is 0 Å². The van der Waals surface area contributed by atoms with Crippen molar-refractivity contribution in [3.63, 3.8) is 0 Å². The van der Waals surface area contributed by atoms with E-state index in [0.717, 1.165) is 25.9 Å². The molecule has 0 bridgehead atoms. The Hall–Kier alpha value is -0.0100. The molecule has 14 heavy (non-hydrogen) atoms. The summed E-state index contributed by atoms with van der Waals surface area (Å²) >= 11 is -1.42. The Bertz CT molecular complexity index is 183. The molecule has 0 aromatic rings. The average Bonchev–Trinajstić information content (AvgIpc) is 2.15. The van der Waals surface area contributed by atoms with Crippen LogP contribution >= 0.6 is 0 Å². The summed E-state index contributed by atoms with van der Waals surface area (Å²) in [5, 5.41) is 5.03. The van der Waals surface area contributed by atoms with Crippen molar-refractivity contribution < 1.29 is 8.95 Å². The van der Waals surface area contributed by atoms with Gasteiger partial charge in [-0.2, -0.15) is 0 Å². The van der Waals surface area contributed by atoms with Gasteiger partial charge in [-0.05, 0) is 19.9 Å². The Kier molecular flexibility index (Phi) is 5.57. The van der Waals surface area contributed by atoms with E-state index in [1.807, 2.05) is 0 Å². The molecule has 0 saturated carbocycles. The Labute approximate surface area is 87.7 Å². The molecule has 1 saturated heterocycles. The third kappa shape index (κ3) is 5.02. The molecule has 6 heteroatoms. The molecule has 1 aliphatic rings. The summed E-state index contributed by atoms with van der Waals surface area (Å²) in [6.07, 6.45) is 2.53. The summed E-state index contributed by atoms with van der Waals surface area (Å²) in [6, 6.07) is 0. The Morgan fingerprint density at radius 3 is 2.79 bits per heavy atom. The zero-order valence-corrected chi connectivity index (χ0v) is 9.39. The number of likely N-dealkylation sites (tertiary alicyclic amines) is 1. The topological polar surface area (TPSA) is 67.6 Å². The van der Waals surface area contributed by atoms with Crippen LogP contribution in [-0.2, 0) is 15.9 Å². The molecule has 0 radical (unpaired) electrons. The highest BCUT2D eigenvalue weighted by Gasteiger charge is 2.16. The van der Waals surface area contributed by atoms with Gasteiger partial charge in [0.2, 0.25) is 0 Å². The number of rotatable bonds is 5. The largest absolute Gasteiger partial charge is 0.377 e. The molecule has 5 nitrogen and oxygen atoms in total. The summed E-state index contributed by atoms with van der Waals surface area (Å²) in [5.74, 6) is 0. The monoisotopic (exact) mass is 221 g/mol. The van der Waals surface area contributed by atoms with E-state index in [4.69, 9.17) is 9.88 Å². The molecule has 0 aromatic carbocycles. The standard InChI is InChI=1S/C8H19N3O2S/c1-11-5-2-8(3-6-11)13-7-4-10-14(9)12/h8,10H,2-7,9H2,1H3. The van der Waals surface area contributed by atoms with Gasteiger partial charge in [0.15, 0.2) is 11.2 Å². The first-order valence-corrected chi connectivity index (χ1v) is 6.09. The quantitative estimate of drug-likeness (QED) is 0.599. The molecule has 1 heterocycles. The van der Waals surface area contributed by atoms with Gasteiger partial charge in [0.25, 0.3) is 0 Å². The molecule has 1 unspecified atom stereocenters. The zero-order chi connectivity index (χ0) is 10.4. The number of piperidine rings is 1. The predicted octanol–water partition coefficient (Wildman–Crippen LogP) is -0.776. The second-order valence-corrected chi connectivity index (χ2v) is 4.45. The number of nitrogens with one attached hydrogen (secondary N) is 1. The molecule has 1 rings (SSSR count). The first-order valence-electron chi connectivity index (χ1n) is 4.88. The van der Waals surface area contributed by atoms with Crippen molar-refractivity contribution >= 4 is 11.2 Å². The second kappa shape index (κ2) is 6.47. The van der Waals surface area contributed by atoms with E-state index >= 15 is 0 Å². The van der Waals surface area contributed by atoms with Crippen molar-refractivity contribution in [2.45, 2.75) is 18.9 Å². The lowest BCUT2D eigenvalue weighted by atomic mass is 10.1. The Morgan fingerprint density at radius 2 is 2.21 bits per heavy atom. The normalized spacial score (nSPS) is 22.4.